The first-order chi connectivity index (χ1) is 13.9. The van der Waals surface area contributed by atoms with E-state index in [0.29, 0.717) is 0 Å². The topological polar surface area (TPSA) is 90.2 Å². The summed E-state index contributed by atoms with van der Waals surface area (Å²) in [6.07, 6.45) is 2.17. The highest BCUT2D eigenvalue weighted by molar-refractivity contribution is 5.87. The van der Waals surface area contributed by atoms with Crippen LogP contribution in [0.5, 0.6) is 0 Å². The van der Waals surface area contributed by atoms with Crippen LogP contribution in [0.15, 0.2) is 28.8 Å². The molecule has 1 aliphatic heterocycles. The molecule has 1 fully saturated rings. The molecule has 2 aromatic heterocycles. The largest absolute Gasteiger partial charge is 0.368 e. The summed E-state index contributed by atoms with van der Waals surface area (Å²) in [6.45, 7) is 9.20. The quantitative estimate of drug-likeness (QED) is 0.691. The van der Waals surface area contributed by atoms with Crippen LogP contribution in [0.2, 0.25) is 0 Å². The van der Waals surface area contributed by atoms with E-state index in [9.17, 15) is 4.79 Å². The third-order valence-electron chi connectivity index (χ3n) is 5.89. The minimum atomic E-state index is -0.323. The lowest BCUT2D eigenvalue weighted by atomic mass is 9.97. The number of likely N-dealkylation sites (tertiary alicyclic amines) is 1. The Balaban J connectivity index is 1.58. The average molecular weight is 396 g/mol. The predicted molar refractivity (Wildman–Crippen MR) is 112 cm³/mol. The SMILES string of the molecule is Cc1c(CN2CCC[C@H](c3nc(C(C)C)no3)C2)c2ccccc2n1CC(N)=O. The lowest BCUT2D eigenvalue weighted by molar-refractivity contribution is -0.118. The molecule has 3 heterocycles. The number of nitrogens with two attached hydrogens (primary N) is 1. The molecule has 0 unspecified atom stereocenters. The number of aromatic nitrogens is 3. The summed E-state index contributed by atoms with van der Waals surface area (Å²) < 4.78 is 7.59. The third-order valence-corrected chi connectivity index (χ3v) is 5.89. The van der Waals surface area contributed by atoms with E-state index in [2.05, 4.69) is 47.9 Å². The molecule has 7 heteroatoms. The average Bonchev–Trinajstić information content (AvgIpc) is 3.29. The first kappa shape index (κ1) is 19.6. The molecule has 0 radical (unpaired) electrons. The lowest BCUT2D eigenvalue weighted by Crippen LogP contribution is -2.34. The second-order valence-corrected chi connectivity index (χ2v) is 8.35. The molecule has 0 aliphatic carbocycles. The Morgan fingerprint density at radius 3 is 2.86 bits per heavy atom. The highest BCUT2D eigenvalue weighted by atomic mass is 16.5. The van der Waals surface area contributed by atoms with Crippen LogP contribution in [-0.4, -0.2) is 38.6 Å². The Bertz CT molecular complexity index is 1020. The van der Waals surface area contributed by atoms with Gasteiger partial charge in [0, 0.05) is 35.6 Å². The lowest BCUT2D eigenvalue weighted by Gasteiger charge is -2.31. The van der Waals surface area contributed by atoms with Crippen molar-refractivity contribution in [1.29, 1.82) is 0 Å². The first-order valence-corrected chi connectivity index (χ1v) is 10.3. The van der Waals surface area contributed by atoms with Crippen molar-refractivity contribution in [3.8, 4) is 0 Å². The maximum Gasteiger partial charge on any atom is 0.237 e. The number of benzene rings is 1. The number of carbonyl (C=O) groups is 1. The van der Waals surface area contributed by atoms with Crippen molar-refractivity contribution < 1.29 is 9.32 Å². The van der Waals surface area contributed by atoms with Crippen molar-refractivity contribution >= 4 is 16.8 Å². The predicted octanol–water partition coefficient (Wildman–Crippen LogP) is 3.32. The molecule has 4 rings (SSSR count). The zero-order valence-corrected chi connectivity index (χ0v) is 17.4. The van der Waals surface area contributed by atoms with Crippen molar-refractivity contribution in [3.05, 3.63) is 47.2 Å². The van der Waals surface area contributed by atoms with Crippen LogP contribution in [0.25, 0.3) is 10.9 Å². The van der Waals surface area contributed by atoms with Crippen molar-refractivity contribution in [1.82, 2.24) is 19.6 Å². The number of para-hydroxylation sites is 1. The zero-order chi connectivity index (χ0) is 20.5. The Kier molecular flexibility index (Phi) is 5.41. The molecule has 2 N–H and O–H groups in total. The van der Waals surface area contributed by atoms with E-state index >= 15 is 0 Å². The molecule has 29 heavy (non-hydrogen) atoms. The van der Waals surface area contributed by atoms with E-state index in [1.807, 2.05) is 16.7 Å². The van der Waals surface area contributed by atoms with Gasteiger partial charge in [-0.15, -0.1) is 0 Å². The maximum absolute atomic E-state index is 11.6. The number of piperidine rings is 1. The van der Waals surface area contributed by atoms with Crippen LogP contribution < -0.4 is 5.73 Å². The van der Waals surface area contributed by atoms with Crippen LogP contribution >= 0.6 is 0 Å². The molecule has 7 nitrogen and oxygen atoms in total. The number of amides is 1. The van der Waals surface area contributed by atoms with Gasteiger partial charge in [-0.2, -0.15) is 4.98 Å². The van der Waals surface area contributed by atoms with Crippen molar-refractivity contribution in [2.24, 2.45) is 5.73 Å². The Hall–Kier alpha value is -2.67. The molecular formula is C22H29N5O2. The monoisotopic (exact) mass is 395 g/mol. The second kappa shape index (κ2) is 7.99. The summed E-state index contributed by atoms with van der Waals surface area (Å²) in [6, 6.07) is 8.23. The molecule has 1 atom stereocenters. The highest BCUT2D eigenvalue weighted by Crippen LogP contribution is 2.31. The molecule has 1 saturated heterocycles. The summed E-state index contributed by atoms with van der Waals surface area (Å²) in [5, 5.41) is 5.32. The van der Waals surface area contributed by atoms with E-state index < -0.39 is 0 Å². The number of nitrogens with zero attached hydrogens (tertiary/aromatic N) is 4. The van der Waals surface area contributed by atoms with Crippen LogP contribution in [-0.2, 0) is 17.9 Å². The Labute approximate surface area is 170 Å². The number of primary amides is 1. The number of hydrogen-bond acceptors (Lipinski definition) is 5. The Morgan fingerprint density at radius 2 is 2.14 bits per heavy atom. The van der Waals surface area contributed by atoms with Crippen LogP contribution in [0, 0.1) is 6.92 Å². The maximum atomic E-state index is 11.6. The van der Waals surface area contributed by atoms with Gasteiger partial charge in [-0.05, 0) is 37.9 Å². The van der Waals surface area contributed by atoms with Gasteiger partial charge in [-0.1, -0.05) is 37.2 Å². The molecule has 1 amide bonds. The first-order valence-electron chi connectivity index (χ1n) is 10.3. The number of fused-ring (bicyclic) bond motifs is 1. The summed E-state index contributed by atoms with van der Waals surface area (Å²) in [5.41, 5.74) is 8.91. The molecule has 1 aromatic carbocycles. The fourth-order valence-corrected chi connectivity index (χ4v) is 4.33. The van der Waals surface area contributed by atoms with Gasteiger partial charge in [-0.25, -0.2) is 0 Å². The van der Waals surface area contributed by atoms with Gasteiger partial charge < -0.3 is 14.8 Å². The molecular weight excluding hydrogens is 366 g/mol. The van der Waals surface area contributed by atoms with E-state index in [0.717, 1.165) is 55.4 Å². The van der Waals surface area contributed by atoms with Gasteiger partial charge in [0.05, 0.1) is 5.92 Å². The highest BCUT2D eigenvalue weighted by Gasteiger charge is 2.27. The summed E-state index contributed by atoms with van der Waals surface area (Å²) in [7, 11) is 0. The molecule has 0 spiro atoms. The molecule has 3 aromatic rings. The zero-order valence-electron chi connectivity index (χ0n) is 17.4. The summed E-state index contributed by atoms with van der Waals surface area (Å²) >= 11 is 0. The van der Waals surface area contributed by atoms with E-state index in [-0.39, 0.29) is 24.3 Å². The smallest absolute Gasteiger partial charge is 0.237 e. The van der Waals surface area contributed by atoms with Gasteiger partial charge in [0.15, 0.2) is 5.82 Å². The second-order valence-electron chi connectivity index (χ2n) is 8.35. The fraction of sp³-hybridized carbons (Fsp3) is 0.500. The normalized spacial score (nSPS) is 18.0. The van der Waals surface area contributed by atoms with Crippen LogP contribution in [0.1, 0.15) is 61.5 Å². The molecule has 154 valence electrons. The van der Waals surface area contributed by atoms with Crippen molar-refractivity contribution in [3.63, 3.8) is 0 Å². The third kappa shape index (κ3) is 3.92. The number of hydrogen-bond donors (Lipinski definition) is 1. The molecule has 0 bridgehead atoms. The van der Waals surface area contributed by atoms with Gasteiger partial charge in [0.2, 0.25) is 11.8 Å². The minimum absolute atomic E-state index is 0.203. The van der Waals surface area contributed by atoms with Gasteiger partial charge in [0.25, 0.3) is 0 Å². The van der Waals surface area contributed by atoms with Gasteiger partial charge in [0.1, 0.15) is 6.54 Å². The molecule has 0 saturated carbocycles. The van der Waals surface area contributed by atoms with E-state index in [4.69, 9.17) is 10.3 Å². The van der Waals surface area contributed by atoms with Crippen LogP contribution in [0.4, 0.5) is 0 Å². The minimum Gasteiger partial charge on any atom is -0.368 e. The van der Waals surface area contributed by atoms with Crippen molar-refractivity contribution in [2.75, 3.05) is 13.1 Å². The van der Waals surface area contributed by atoms with E-state index in [1.54, 1.807) is 0 Å². The summed E-state index contributed by atoms with van der Waals surface area (Å²) in [5.74, 6) is 1.75. The molecule has 1 aliphatic rings. The van der Waals surface area contributed by atoms with Gasteiger partial charge in [-0.3, -0.25) is 9.69 Å². The number of carbonyl (C=O) groups excluding carboxylic acids is 1. The Morgan fingerprint density at radius 1 is 1.34 bits per heavy atom. The van der Waals surface area contributed by atoms with E-state index in [1.165, 1.54) is 10.9 Å². The fourth-order valence-electron chi connectivity index (χ4n) is 4.33. The summed E-state index contributed by atoms with van der Waals surface area (Å²) in [4.78, 5) is 18.7. The number of rotatable bonds is 6. The standard InChI is InChI=1S/C22H29N5O2/c1-14(2)21-24-22(29-25-21)16-7-6-10-26(11-16)12-18-15(3)27(13-20(23)28)19-9-5-4-8-17(18)19/h4-5,8-9,14,16H,6-7,10-13H2,1-3H3,(H2,23,28)/t16-/m0/s1. The van der Waals surface area contributed by atoms with Crippen molar-refractivity contribution in [2.45, 2.75) is 58.5 Å². The van der Waals surface area contributed by atoms with Crippen LogP contribution in [0.3, 0.4) is 0 Å². The van der Waals surface area contributed by atoms with Gasteiger partial charge >= 0.3 is 0 Å².